The van der Waals surface area contributed by atoms with E-state index in [9.17, 15) is 4.39 Å². The van der Waals surface area contributed by atoms with E-state index in [2.05, 4.69) is 18.2 Å². The molecule has 0 saturated carbocycles. The van der Waals surface area contributed by atoms with Gasteiger partial charge >= 0.3 is 0 Å². The maximum atomic E-state index is 12.8. The van der Waals surface area contributed by atoms with Gasteiger partial charge in [0.2, 0.25) is 0 Å². The van der Waals surface area contributed by atoms with Crippen molar-refractivity contribution >= 4 is 0 Å². The Kier molecular flexibility index (Phi) is 6.35. The summed E-state index contributed by atoms with van der Waals surface area (Å²) < 4.78 is 12.8. The van der Waals surface area contributed by atoms with E-state index in [0.717, 1.165) is 37.8 Å². The van der Waals surface area contributed by atoms with Crippen LogP contribution in [0.1, 0.15) is 31.7 Å². The van der Waals surface area contributed by atoms with E-state index in [1.807, 2.05) is 12.1 Å². The summed E-state index contributed by atoms with van der Waals surface area (Å²) in [5.41, 5.74) is 1.16. The summed E-state index contributed by atoms with van der Waals surface area (Å²) in [6.07, 6.45) is 9.10. The van der Waals surface area contributed by atoms with Gasteiger partial charge in [0.05, 0.1) is 0 Å². The molecule has 1 atom stereocenters. The molecule has 0 saturated heterocycles. The second kappa shape index (κ2) is 7.86. The number of unbranched alkanes of at least 4 members (excludes halogenated alkanes) is 1. The van der Waals surface area contributed by atoms with Crippen molar-refractivity contribution in [2.45, 2.75) is 38.6 Å². The summed E-state index contributed by atoms with van der Waals surface area (Å²) in [5, 5.41) is 3.44. The molecule has 0 aromatic heterocycles. The largest absolute Gasteiger partial charge is 0.314 e. The monoisotopic (exact) mass is 233 g/mol. The molecule has 0 radical (unpaired) electrons. The van der Waals surface area contributed by atoms with Crippen molar-refractivity contribution in [3.63, 3.8) is 0 Å². The van der Waals surface area contributed by atoms with Gasteiger partial charge in [-0.2, -0.15) is 0 Å². The first kappa shape index (κ1) is 13.7. The van der Waals surface area contributed by atoms with Crippen LogP contribution in [-0.2, 0) is 6.42 Å². The number of likely N-dealkylation sites (N-methyl/N-ethyl adjacent to an activating group) is 1. The number of terminal acetylenes is 1. The molecule has 1 N–H and O–H groups in total. The zero-order valence-corrected chi connectivity index (χ0v) is 10.4. The van der Waals surface area contributed by atoms with E-state index < -0.39 is 0 Å². The third kappa shape index (κ3) is 5.51. The van der Waals surface area contributed by atoms with Crippen molar-refractivity contribution in [1.29, 1.82) is 0 Å². The number of halogens is 1. The third-order valence-electron chi connectivity index (χ3n) is 2.76. The van der Waals surface area contributed by atoms with Gasteiger partial charge in [-0.1, -0.05) is 19.1 Å². The van der Waals surface area contributed by atoms with Crippen molar-refractivity contribution in [2.75, 3.05) is 6.54 Å². The zero-order valence-electron chi connectivity index (χ0n) is 10.4. The SMILES string of the molecule is C#CCCCC(Cc1ccc(F)cc1)NCC. The summed E-state index contributed by atoms with van der Waals surface area (Å²) >= 11 is 0. The Balaban J connectivity index is 2.47. The molecule has 2 heteroatoms. The van der Waals surface area contributed by atoms with Gasteiger partial charge in [0.1, 0.15) is 5.82 Å². The summed E-state index contributed by atoms with van der Waals surface area (Å²) in [5.74, 6) is 2.48. The van der Waals surface area contributed by atoms with Gasteiger partial charge in [0.25, 0.3) is 0 Å². The first-order valence-corrected chi connectivity index (χ1v) is 6.17. The Morgan fingerprint density at radius 2 is 2.06 bits per heavy atom. The average molecular weight is 233 g/mol. The summed E-state index contributed by atoms with van der Waals surface area (Å²) in [6.45, 7) is 3.04. The van der Waals surface area contributed by atoms with Crippen LogP contribution in [0, 0.1) is 18.2 Å². The van der Waals surface area contributed by atoms with Crippen LogP contribution in [0.2, 0.25) is 0 Å². The quantitative estimate of drug-likeness (QED) is 0.563. The highest BCUT2D eigenvalue weighted by Gasteiger charge is 2.07. The zero-order chi connectivity index (χ0) is 12.5. The normalized spacial score (nSPS) is 12.1. The van der Waals surface area contributed by atoms with Crippen molar-refractivity contribution in [1.82, 2.24) is 5.32 Å². The van der Waals surface area contributed by atoms with Gasteiger partial charge < -0.3 is 5.32 Å². The molecule has 1 aromatic carbocycles. The predicted molar refractivity (Wildman–Crippen MR) is 70.3 cm³/mol. The fraction of sp³-hybridized carbons (Fsp3) is 0.467. The molecular weight excluding hydrogens is 213 g/mol. The van der Waals surface area contributed by atoms with E-state index in [1.165, 1.54) is 12.1 Å². The Morgan fingerprint density at radius 1 is 1.35 bits per heavy atom. The van der Waals surface area contributed by atoms with Crippen LogP contribution in [0.3, 0.4) is 0 Å². The van der Waals surface area contributed by atoms with Gasteiger partial charge in [0, 0.05) is 12.5 Å². The Bertz CT molecular complexity index is 350. The molecule has 0 aliphatic rings. The van der Waals surface area contributed by atoms with Gasteiger partial charge in [0.15, 0.2) is 0 Å². The number of hydrogen-bond donors (Lipinski definition) is 1. The second-order valence-electron chi connectivity index (χ2n) is 4.18. The van der Waals surface area contributed by atoms with Crippen LogP contribution >= 0.6 is 0 Å². The Hall–Kier alpha value is -1.33. The number of nitrogens with one attached hydrogen (secondary N) is 1. The lowest BCUT2D eigenvalue weighted by molar-refractivity contribution is 0.479. The van der Waals surface area contributed by atoms with Crippen LogP contribution in [0.5, 0.6) is 0 Å². The summed E-state index contributed by atoms with van der Waals surface area (Å²) in [4.78, 5) is 0. The van der Waals surface area contributed by atoms with Gasteiger partial charge in [-0.05, 0) is 43.5 Å². The molecule has 0 amide bonds. The maximum Gasteiger partial charge on any atom is 0.123 e. The minimum absolute atomic E-state index is 0.180. The molecule has 17 heavy (non-hydrogen) atoms. The van der Waals surface area contributed by atoms with E-state index in [-0.39, 0.29) is 5.82 Å². The second-order valence-corrected chi connectivity index (χ2v) is 4.18. The van der Waals surface area contributed by atoms with Crippen LogP contribution < -0.4 is 5.32 Å². The highest BCUT2D eigenvalue weighted by molar-refractivity contribution is 5.17. The molecule has 1 nitrogen and oxygen atoms in total. The van der Waals surface area contributed by atoms with Crippen LogP contribution in [0.15, 0.2) is 24.3 Å². The molecule has 0 aliphatic carbocycles. The number of rotatable bonds is 7. The molecule has 92 valence electrons. The molecule has 0 heterocycles. The van der Waals surface area contributed by atoms with Crippen molar-refractivity contribution < 1.29 is 4.39 Å². The lowest BCUT2D eigenvalue weighted by Gasteiger charge is -2.17. The first-order valence-electron chi connectivity index (χ1n) is 6.17. The molecule has 1 unspecified atom stereocenters. The molecule has 0 spiro atoms. The summed E-state index contributed by atoms with van der Waals surface area (Å²) in [6, 6.07) is 7.15. The van der Waals surface area contributed by atoms with Crippen LogP contribution in [0.25, 0.3) is 0 Å². The molecule has 0 fully saturated rings. The maximum absolute atomic E-state index is 12.8. The standard InChI is InChI=1S/C15H20FN/c1-3-5-6-7-15(17-4-2)12-13-8-10-14(16)11-9-13/h1,8-11,15,17H,4-7,12H2,2H3. The molecule has 1 aromatic rings. The molecular formula is C15H20FN. The van der Waals surface area contributed by atoms with Gasteiger partial charge in [-0.15, -0.1) is 12.3 Å². The fourth-order valence-corrected chi connectivity index (χ4v) is 1.92. The highest BCUT2D eigenvalue weighted by Crippen LogP contribution is 2.10. The van der Waals surface area contributed by atoms with E-state index >= 15 is 0 Å². The smallest absolute Gasteiger partial charge is 0.123 e. The van der Waals surface area contributed by atoms with E-state index in [1.54, 1.807) is 0 Å². The molecule has 0 bridgehead atoms. The predicted octanol–water partition coefficient (Wildman–Crippen LogP) is 3.15. The van der Waals surface area contributed by atoms with Crippen molar-refractivity contribution in [3.8, 4) is 12.3 Å². The lowest BCUT2D eigenvalue weighted by Crippen LogP contribution is -2.30. The van der Waals surface area contributed by atoms with Crippen molar-refractivity contribution in [2.24, 2.45) is 0 Å². The van der Waals surface area contributed by atoms with Crippen LogP contribution in [0.4, 0.5) is 4.39 Å². The van der Waals surface area contributed by atoms with Gasteiger partial charge in [-0.3, -0.25) is 0 Å². The average Bonchev–Trinajstić information content (AvgIpc) is 2.32. The number of hydrogen-bond acceptors (Lipinski definition) is 1. The minimum atomic E-state index is -0.180. The molecule has 1 rings (SSSR count). The Morgan fingerprint density at radius 3 is 2.65 bits per heavy atom. The fourth-order valence-electron chi connectivity index (χ4n) is 1.92. The minimum Gasteiger partial charge on any atom is -0.314 e. The molecule has 0 aliphatic heterocycles. The topological polar surface area (TPSA) is 12.0 Å². The van der Waals surface area contributed by atoms with Gasteiger partial charge in [-0.25, -0.2) is 4.39 Å². The third-order valence-corrected chi connectivity index (χ3v) is 2.76. The summed E-state index contributed by atoms with van der Waals surface area (Å²) in [7, 11) is 0. The Labute approximate surface area is 103 Å². The van der Waals surface area contributed by atoms with E-state index in [4.69, 9.17) is 6.42 Å². The first-order chi connectivity index (χ1) is 8.26. The highest BCUT2D eigenvalue weighted by atomic mass is 19.1. The van der Waals surface area contributed by atoms with Crippen LogP contribution in [-0.4, -0.2) is 12.6 Å². The number of benzene rings is 1. The lowest BCUT2D eigenvalue weighted by atomic mass is 10.0. The van der Waals surface area contributed by atoms with E-state index in [0.29, 0.717) is 6.04 Å². The van der Waals surface area contributed by atoms with Crippen molar-refractivity contribution in [3.05, 3.63) is 35.6 Å².